The molecule has 1 unspecified atom stereocenters. The summed E-state index contributed by atoms with van der Waals surface area (Å²) >= 11 is 5.84. The van der Waals surface area contributed by atoms with Gasteiger partial charge in [-0.05, 0) is 63.2 Å². The lowest BCUT2D eigenvalue weighted by atomic mass is 10.1. The molecule has 0 aliphatic rings. The van der Waals surface area contributed by atoms with Gasteiger partial charge >= 0.3 is 0 Å². The van der Waals surface area contributed by atoms with Gasteiger partial charge in [-0.2, -0.15) is 0 Å². The highest BCUT2D eigenvalue weighted by atomic mass is 35.5. The molecule has 0 fully saturated rings. The van der Waals surface area contributed by atoms with Crippen molar-refractivity contribution in [1.29, 1.82) is 0 Å². The van der Waals surface area contributed by atoms with Crippen molar-refractivity contribution in [3.63, 3.8) is 0 Å². The molecule has 0 aliphatic carbocycles. The Morgan fingerprint density at radius 1 is 1.12 bits per heavy atom. The Hall–Kier alpha value is -2.53. The number of nitrogens with zero attached hydrogens (tertiary/aromatic N) is 1. The van der Waals surface area contributed by atoms with E-state index in [1.54, 1.807) is 60.4 Å². The lowest BCUT2D eigenvalue weighted by Crippen LogP contribution is -2.31. The SMILES string of the molecule is CCN(CC)C(=O)c1cccc(NC(=O)C(C)Oc2ccc(Cl)cc2)c1. The van der Waals surface area contributed by atoms with Crippen LogP contribution in [0.15, 0.2) is 48.5 Å². The summed E-state index contributed by atoms with van der Waals surface area (Å²) in [6, 6.07) is 13.7. The summed E-state index contributed by atoms with van der Waals surface area (Å²) in [6.45, 7) is 6.80. The van der Waals surface area contributed by atoms with Crippen molar-refractivity contribution in [2.45, 2.75) is 26.9 Å². The van der Waals surface area contributed by atoms with Crippen molar-refractivity contribution in [3.05, 3.63) is 59.1 Å². The highest BCUT2D eigenvalue weighted by Crippen LogP contribution is 2.18. The van der Waals surface area contributed by atoms with Crippen LogP contribution in [0.5, 0.6) is 5.75 Å². The van der Waals surface area contributed by atoms with Crippen LogP contribution in [0.25, 0.3) is 0 Å². The molecule has 2 aromatic carbocycles. The number of amides is 2. The van der Waals surface area contributed by atoms with Gasteiger partial charge in [0.05, 0.1) is 0 Å². The summed E-state index contributed by atoms with van der Waals surface area (Å²) in [5.74, 6) is 0.200. The molecule has 2 aromatic rings. The van der Waals surface area contributed by atoms with E-state index < -0.39 is 6.10 Å². The predicted molar refractivity (Wildman–Crippen MR) is 104 cm³/mol. The van der Waals surface area contributed by atoms with Gasteiger partial charge < -0.3 is 15.0 Å². The molecule has 0 saturated heterocycles. The van der Waals surface area contributed by atoms with Gasteiger partial charge in [0.1, 0.15) is 5.75 Å². The Balaban J connectivity index is 2.03. The van der Waals surface area contributed by atoms with E-state index in [1.807, 2.05) is 13.8 Å². The lowest BCUT2D eigenvalue weighted by molar-refractivity contribution is -0.122. The Labute approximate surface area is 158 Å². The van der Waals surface area contributed by atoms with Crippen molar-refractivity contribution in [1.82, 2.24) is 4.90 Å². The number of anilines is 1. The summed E-state index contributed by atoms with van der Waals surface area (Å²) in [6.07, 6.45) is -0.696. The second-order valence-corrected chi connectivity index (χ2v) is 6.20. The number of carbonyl (C=O) groups is 2. The van der Waals surface area contributed by atoms with Crippen LogP contribution < -0.4 is 10.1 Å². The van der Waals surface area contributed by atoms with Gasteiger partial charge in [0.25, 0.3) is 11.8 Å². The first-order chi connectivity index (χ1) is 12.4. The van der Waals surface area contributed by atoms with Crippen molar-refractivity contribution in [2.24, 2.45) is 0 Å². The molecule has 26 heavy (non-hydrogen) atoms. The Bertz CT molecular complexity index is 758. The zero-order valence-electron chi connectivity index (χ0n) is 15.2. The van der Waals surface area contributed by atoms with Crippen molar-refractivity contribution < 1.29 is 14.3 Å². The van der Waals surface area contributed by atoms with Crippen LogP contribution in [-0.4, -0.2) is 35.9 Å². The third kappa shape index (κ3) is 5.23. The van der Waals surface area contributed by atoms with E-state index in [0.717, 1.165) is 0 Å². The molecule has 0 spiro atoms. The molecule has 5 nitrogen and oxygen atoms in total. The molecule has 1 N–H and O–H groups in total. The molecule has 0 aliphatic heterocycles. The van der Waals surface area contributed by atoms with Gasteiger partial charge in [-0.1, -0.05) is 17.7 Å². The smallest absolute Gasteiger partial charge is 0.265 e. The zero-order chi connectivity index (χ0) is 19.1. The molecule has 0 aromatic heterocycles. The maximum Gasteiger partial charge on any atom is 0.265 e. The highest BCUT2D eigenvalue weighted by Gasteiger charge is 2.17. The molecule has 2 amide bonds. The number of hydrogen-bond acceptors (Lipinski definition) is 3. The van der Waals surface area contributed by atoms with E-state index in [0.29, 0.717) is 35.1 Å². The van der Waals surface area contributed by atoms with Gasteiger partial charge in [-0.3, -0.25) is 9.59 Å². The first-order valence-corrected chi connectivity index (χ1v) is 8.94. The molecule has 2 rings (SSSR count). The molecule has 6 heteroatoms. The van der Waals surface area contributed by atoms with Crippen LogP contribution in [0.2, 0.25) is 5.02 Å². The second kappa shape index (κ2) is 9.25. The van der Waals surface area contributed by atoms with Crippen molar-refractivity contribution in [3.8, 4) is 5.75 Å². The van der Waals surface area contributed by atoms with Crippen LogP contribution in [0.1, 0.15) is 31.1 Å². The molecular weight excluding hydrogens is 352 g/mol. The van der Waals surface area contributed by atoms with Crippen LogP contribution in [-0.2, 0) is 4.79 Å². The number of carbonyl (C=O) groups excluding carboxylic acids is 2. The zero-order valence-corrected chi connectivity index (χ0v) is 15.9. The standard InChI is InChI=1S/C20H23ClN2O3/c1-4-23(5-2)20(25)15-7-6-8-17(13-15)22-19(24)14(3)26-18-11-9-16(21)10-12-18/h6-14H,4-5H2,1-3H3,(H,22,24). The van der Waals surface area contributed by atoms with Gasteiger partial charge in [-0.15, -0.1) is 0 Å². The van der Waals surface area contributed by atoms with E-state index in [2.05, 4.69) is 5.32 Å². The fourth-order valence-electron chi connectivity index (χ4n) is 2.44. The Morgan fingerprint density at radius 2 is 1.77 bits per heavy atom. The van der Waals surface area contributed by atoms with Gasteiger partial charge in [0, 0.05) is 29.4 Å². The molecule has 0 bridgehead atoms. The van der Waals surface area contributed by atoms with E-state index in [4.69, 9.17) is 16.3 Å². The maximum absolute atomic E-state index is 12.4. The lowest BCUT2D eigenvalue weighted by Gasteiger charge is -2.19. The van der Waals surface area contributed by atoms with Gasteiger partial charge in [0.2, 0.25) is 0 Å². The largest absolute Gasteiger partial charge is 0.481 e. The molecule has 1 atom stereocenters. The summed E-state index contributed by atoms with van der Waals surface area (Å²) in [5.41, 5.74) is 1.09. The third-order valence-corrected chi connectivity index (χ3v) is 4.18. The first kappa shape index (κ1) is 19.8. The fourth-order valence-corrected chi connectivity index (χ4v) is 2.56. The number of rotatable bonds is 7. The summed E-state index contributed by atoms with van der Waals surface area (Å²) in [5, 5.41) is 3.38. The van der Waals surface area contributed by atoms with E-state index >= 15 is 0 Å². The van der Waals surface area contributed by atoms with E-state index in [9.17, 15) is 9.59 Å². The van der Waals surface area contributed by atoms with Crippen LogP contribution in [0.3, 0.4) is 0 Å². The number of halogens is 1. The van der Waals surface area contributed by atoms with Crippen LogP contribution in [0, 0.1) is 0 Å². The first-order valence-electron chi connectivity index (χ1n) is 8.57. The minimum Gasteiger partial charge on any atom is -0.481 e. The van der Waals surface area contributed by atoms with Gasteiger partial charge in [-0.25, -0.2) is 0 Å². The third-order valence-electron chi connectivity index (χ3n) is 3.92. The number of benzene rings is 2. The summed E-state index contributed by atoms with van der Waals surface area (Å²) in [4.78, 5) is 26.5. The number of nitrogens with one attached hydrogen (secondary N) is 1. The number of hydrogen-bond donors (Lipinski definition) is 1. The number of ether oxygens (including phenoxy) is 1. The molecule has 138 valence electrons. The Kier molecular flexibility index (Phi) is 7.04. The topological polar surface area (TPSA) is 58.6 Å². The minimum atomic E-state index is -0.696. The monoisotopic (exact) mass is 374 g/mol. The fraction of sp³-hybridized carbons (Fsp3) is 0.300. The van der Waals surface area contributed by atoms with Gasteiger partial charge in [0.15, 0.2) is 6.10 Å². The molecular formula is C20H23ClN2O3. The molecule has 0 radical (unpaired) electrons. The highest BCUT2D eigenvalue weighted by molar-refractivity contribution is 6.30. The van der Waals surface area contributed by atoms with E-state index in [-0.39, 0.29) is 11.8 Å². The summed E-state index contributed by atoms with van der Waals surface area (Å²) < 4.78 is 5.61. The molecule has 0 heterocycles. The quantitative estimate of drug-likeness (QED) is 0.789. The van der Waals surface area contributed by atoms with E-state index in [1.165, 1.54) is 0 Å². The van der Waals surface area contributed by atoms with Crippen molar-refractivity contribution >= 4 is 29.1 Å². The Morgan fingerprint density at radius 3 is 2.38 bits per heavy atom. The van der Waals surface area contributed by atoms with Crippen LogP contribution in [0.4, 0.5) is 5.69 Å². The normalized spacial score (nSPS) is 11.5. The minimum absolute atomic E-state index is 0.0587. The van der Waals surface area contributed by atoms with Crippen LogP contribution >= 0.6 is 11.6 Å². The summed E-state index contributed by atoms with van der Waals surface area (Å²) in [7, 11) is 0. The molecule has 0 saturated carbocycles. The van der Waals surface area contributed by atoms with Crippen molar-refractivity contribution in [2.75, 3.05) is 18.4 Å². The second-order valence-electron chi connectivity index (χ2n) is 5.76. The average molecular weight is 375 g/mol. The maximum atomic E-state index is 12.4. The predicted octanol–water partition coefficient (Wildman–Crippen LogP) is 4.23. The average Bonchev–Trinajstić information content (AvgIpc) is 2.64.